The number of rotatable bonds is 2. The van der Waals surface area contributed by atoms with E-state index >= 15 is 0 Å². The van der Waals surface area contributed by atoms with Gasteiger partial charge in [-0.25, -0.2) is 4.99 Å². The Morgan fingerprint density at radius 3 is 2.67 bits per heavy atom. The van der Waals surface area contributed by atoms with Gasteiger partial charge in [0, 0.05) is 24.5 Å². The van der Waals surface area contributed by atoms with Crippen LogP contribution in [0.15, 0.2) is 16.3 Å². The lowest BCUT2D eigenvalue weighted by molar-refractivity contribution is 0.473. The molecule has 0 aromatic carbocycles. The predicted octanol–water partition coefficient (Wildman–Crippen LogP) is 3.26. The summed E-state index contributed by atoms with van der Waals surface area (Å²) in [5, 5.41) is 1.25. The summed E-state index contributed by atoms with van der Waals surface area (Å²) in [7, 11) is 0. The van der Waals surface area contributed by atoms with Gasteiger partial charge in [-0.05, 0) is 45.1 Å². The molecule has 3 heteroatoms. The highest BCUT2D eigenvalue weighted by atomic mass is 32.2. The van der Waals surface area contributed by atoms with E-state index in [0.717, 1.165) is 13.1 Å². The van der Waals surface area contributed by atoms with Crippen molar-refractivity contribution in [1.82, 2.24) is 4.90 Å². The van der Waals surface area contributed by atoms with Gasteiger partial charge in [-0.15, -0.1) is 0 Å². The second-order valence-electron chi connectivity index (χ2n) is 4.11. The summed E-state index contributed by atoms with van der Waals surface area (Å²) in [6, 6.07) is 0. The van der Waals surface area contributed by atoms with Crippen LogP contribution in [0.2, 0.25) is 0 Å². The SMILES string of the molecule is CCN(CC)C1=NC2=C(CCCC2)CS1. The quantitative estimate of drug-likeness (QED) is 0.715. The second-order valence-corrected chi connectivity index (χ2v) is 5.06. The van der Waals surface area contributed by atoms with Crippen molar-refractivity contribution >= 4 is 16.9 Å². The summed E-state index contributed by atoms with van der Waals surface area (Å²) in [4.78, 5) is 7.20. The molecule has 0 spiro atoms. The zero-order valence-corrected chi connectivity index (χ0v) is 10.6. The van der Waals surface area contributed by atoms with Crippen molar-refractivity contribution in [2.75, 3.05) is 18.8 Å². The summed E-state index contributed by atoms with van der Waals surface area (Å²) < 4.78 is 0. The summed E-state index contributed by atoms with van der Waals surface area (Å²) in [5.41, 5.74) is 3.02. The lowest BCUT2D eigenvalue weighted by Gasteiger charge is -2.28. The Bertz CT molecular complexity index is 290. The molecule has 2 nitrogen and oxygen atoms in total. The maximum absolute atomic E-state index is 4.83. The normalized spacial score (nSPS) is 21.1. The van der Waals surface area contributed by atoms with Crippen molar-refractivity contribution in [2.45, 2.75) is 39.5 Å². The van der Waals surface area contributed by atoms with Gasteiger partial charge >= 0.3 is 0 Å². The van der Waals surface area contributed by atoms with E-state index in [-0.39, 0.29) is 0 Å². The van der Waals surface area contributed by atoms with Gasteiger partial charge in [-0.3, -0.25) is 0 Å². The van der Waals surface area contributed by atoms with Gasteiger partial charge in [0.2, 0.25) is 0 Å². The molecule has 0 saturated heterocycles. The van der Waals surface area contributed by atoms with Gasteiger partial charge in [-0.1, -0.05) is 11.8 Å². The van der Waals surface area contributed by atoms with Crippen LogP contribution < -0.4 is 0 Å². The molecule has 1 heterocycles. The molecule has 0 saturated carbocycles. The fourth-order valence-electron chi connectivity index (χ4n) is 2.20. The highest BCUT2D eigenvalue weighted by Gasteiger charge is 2.20. The fraction of sp³-hybridized carbons (Fsp3) is 0.750. The molecule has 0 aromatic rings. The van der Waals surface area contributed by atoms with Crippen LogP contribution in [0.4, 0.5) is 0 Å². The van der Waals surface area contributed by atoms with Gasteiger partial charge in [-0.2, -0.15) is 0 Å². The van der Waals surface area contributed by atoms with Gasteiger partial charge in [0.15, 0.2) is 5.17 Å². The van der Waals surface area contributed by atoms with Crippen molar-refractivity contribution in [3.63, 3.8) is 0 Å². The number of allylic oxidation sites excluding steroid dienone is 1. The molecular weight excluding hydrogens is 204 g/mol. The van der Waals surface area contributed by atoms with E-state index in [1.165, 1.54) is 42.3 Å². The number of aliphatic imine (C=N–C) groups is 1. The molecule has 1 aliphatic carbocycles. The monoisotopic (exact) mass is 224 g/mol. The van der Waals surface area contributed by atoms with Crippen molar-refractivity contribution in [1.29, 1.82) is 0 Å². The van der Waals surface area contributed by atoms with Gasteiger partial charge in [0.25, 0.3) is 0 Å². The lowest BCUT2D eigenvalue weighted by Crippen LogP contribution is -2.30. The average Bonchev–Trinajstić information content (AvgIpc) is 2.30. The number of amidine groups is 1. The minimum atomic E-state index is 1.07. The summed E-state index contributed by atoms with van der Waals surface area (Å²) in [6.45, 7) is 6.56. The first-order valence-corrected chi connectivity index (χ1v) is 7.01. The smallest absolute Gasteiger partial charge is 0.164 e. The lowest BCUT2D eigenvalue weighted by atomic mass is 9.98. The first kappa shape index (κ1) is 11.1. The zero-order valence-electron chi connectivity index (χ0n) is 9.75. The summed E-state index contributed by atoms with van der Waals surface area (Å²) >= 11 is 1.92. The molecule has 0 aromatic heterocycles. The van der Waals surface area contributed by atoms with Gasteiger partial charge < -0.3 is 4.90 Å². The highest BCUT2D eigenvalue weighted by molar-refractivity contribution is 8.14. The molecule has 0 atom stereocenters. The highest BCUT2D eigenvalue weighted by Crippen LogP contribution is 2.33. The van der Waals surface area contributed by atoms with Gasteiger partial charge in [0.1, 0.15) is 0 Å². The molecule has 2 aliphatic rings. The van der Waals surface area contributed by atoms with Crippen LogP contribution in [0, 0.1) is 0 Å². The molecule has 84 valence electrons. The largest absolute Gasteiger partial charge is 0.352 e. The van der Waals surface area contributed by atoms with Crippen molar-refractivity contribution in [3.8, 4) is 0 Å². The first-order valence-electron chi connectivity index (χ1n) is 6.02. The van der Waals surface area contributed by atoms with Crippen molar-refractivity contribution in [2.24, 2.45) is 4.99 Å². The Morgan fingerprint density at radius 1 is 1.20 bits per heavy atom. The van der Waals surface area contributed by atoms with Crippen molar-refractivity contribution < 1.29 is 0 Å². The van der Waals surface area contributed by atoms with Crippen LogP contribution in [0.3, 0.4) is 0 Å². The van der Waals surface area contributed by atoms with E-state index in [1.807, 2.05) is 11.8 Å². The summed E-state index contributed by atoms with van der Waals surface area (Å²) in [6.07, 6.45) is 5.20. The standard InChI is InChI=1S/C12H20N2S/c1-3-14(4-2)12-13-11-8-6-5-7-10(11)9-15-12/h3-9H2,1-2H3. The number of thioether (sulfide) groups is 1. The Hall–Kier alpha value is -0.440. The van der Waals surface area contributed by atoms with Crippen molar-refractivity contribution in [3.05, 3.63) is 11.3 Å². The molecule has 15 heavy (non-hydrogen) atoms. The van der Waals surface area contributed by atoms with E-state index in [9.17, 15) is 0 Å². The van der Waals surface area contributed by atoms with Gasteiger partial charge in [0.05, 0.1) is 0 Å². The topological polar surface area (TPSA) is 15.6 Å². The molecule has 0 amide bonds. The number of hydrogen-bond acceptors (Lipinski definition) is 3. The third-order valence-electron chi connectivity index (χ3n) is 3.19. The third-order valence-corrected chi connectivity index (χ3v) is 4.29. The third kappa shape index (κ3) is 2.39. The molecule has 0 bridgehead atoms. The maximum Gasteiger partial charge on any atom is 0.164 e. The molecular formula is C12H20N2S. The van der Waals surface area contributed by atoms with E-state index in [2.05, 4.69) is 18.7 Å². The first-order chi connectivity index (χ1) is 7.35. The molecule has 0 unspecified atom stereocenters. The predicted molar refractivity (Wildman–Crippen MR) is 68.3 cm³/mol. The second kappa shape index (κ2) is 5.06. The van der Waals surface area contributed by atoms with E-state index in [1.54, 1.807) is 5.57 Å². The van der Waals surface area contributed by atoms with E-state index < -0.39 is 0 Å². The molecule has 2 rings (SSSR count). The molecule has 1 aliphatic heterocycles. The fourth-order valence-corrected chi connectivity index (χ4v) is 3.43. The molecule has 0 fully saturated rings. The number of hydrogen-bond donors (Lipinski definition) is 0. The minimum Gasteiger partial charge on any atom is -0.352 e. The average molecular weight is 224 g/mol. The summed E-state index contributed by atoms with van der Waals surface area (Å²) in [5.74, 6) is 1.19. The van der Waals surface area contributed by atoms with E-state index in [4.69, 9.17) is 4.99 Å². The Morgan fingerprint density at radius 2 is 1.93 bits per heavy atom. The van der Waals surface area contributed by atoms with Crippen LogP contribution in [0.1, 0.15) is 39.5 Å². The molecule has 0 N–H and O–H groups in total. The zero-order chi connectivity index (χ0) is 10.7. The van der Waals surface area contributed by atoms with Crippen LogP contribution in [-0.4, -0.2) is 28.9 Å². The van der Waals surface area contributed by atoms with Crippen LogP contribution >= 0.6 is 11.8 Å². The minimum absolute atomic E-state index is 1.07. The van der Waals surface area contributed by atoms with Crippen LogP contribution in [0.5, 0.6) is 0 Å². The molecule has 0 radical (unpaired) electrons. The van der Waals surface area contributed by atoms with Crippen LogP contribution in [-0.2, 0) is 0 Å². The Kier molecular flexibility index (Phi) is 3.73. The number of nitrogens with zero attached hydrogens (tertiary/aromatic N) is 2. The Balaban J connectivity index is 2.15. The maximum atomic E-state index is 4.83. The Labute approximate surface area is 96.8 Å². The van der Waals surface area contributed by atoms with Crippen LogP contribution in [0.25, 0.3) is 0 Å². The van der Waals surface area contributed by atoms with E-state index in [0.29, 0.717) is 0 Å².